The first-order valence-electron chi connectivity index (χ1n) is 4.82. The lowest BCUT2D eigenvalue weighted by molar-refractivity contribution is 0.480. The van der Waals surface area contributed by atoms with E-state index in [0.29, 0.717) is 11.3 Å². The van der Waals surface area contributed by atoms with Gasteiger partial charge in [-0.05, 0) is 65.1 Å². The highest BCUT2D eigenvalue weighted by Crippen LogP contribution is 2.28. The van der Waals surface area contributed by atoms with Crippen molar-refractivity contribution in [2.24, 2.45) is 0 Å². The molecule has 0 radical (unpaired) electrons. The zero-order chi connectivity index (χ0) is 12.3. The predicted octanol–water partition coefficient (Wildman–Crippen LogP) is 4.72. The van der Waals surface area contributed by atoms with E-state index in [4.69, 9.17) is 10.00 Å². The maximum absolute atomic E-state index is 8.98. The molecule has 4 heteroatoms. The van der Waals surface area contributed by atoms with Crippen LogP contribution in [0.4, 0.5) is 0 Å². The zero-order valence-electron chi connectivity index (χ0n) is 8.65. The van der Waals surface area contributed by atoms with Crippen LogP contribution in [-0.4, -0.2) is 0 Å². The van der Waals surface area contributed by atoms with Crippen molar-refractivity contribution in [1.82, 2.24) is 0 Å². The van der Waals surface area contributed by atoms with Gasteiger partial charge >= 0.3 is 0 Å². The third-order valence-electron chi connectivity index (χ3n) is 2.11. The second-order valence-electron chi connectivity index (χ2n) is 3.31. The smallest absolute Gasteiger partial charge is 0.146 e. The Morgan fingerprint density at radius 2 is 1.82 bits per heavy atom. The Labute approximate surface area is 121 Å². The molecule has 0 aromatic heterocycles. The maximum Gasteiger partial charge on any atom is 0.146 e. The quantitative estimate of drug-likeness (QED) is 0.684. The van der Waals surface area contributed by atoms with Gasteiger partial charge in [0.1, 0.15) is 17.6 Å². The molecule has 17 heavy (non-hydrogen) atoms. The van der Waals surface area contributed by atoms with Gasteiger partial charge in [0.2, 0.25) is 0 Å². The van der Waals surface area contributed by atoms with Crippen LogP contribution >= 0.6 is 38.5 Å². The summed E-state index contributed by atoms with van der Waals surface area (Å²) >= 11 is 5.59. The van der Waals surface area contributed by atoms with Gasteiger partial charge in [-0.25, -0.2) is 0 Å². The minimum Gasteiger partial charge on any atom is -0.456 e. The van der Waals surface area contributed by atoms with E-state index < -0.39 is 0 Å². The number of nitrogens with zero attached hydrogens (tertiary/aromatic N) is 1. The van der Waals surface area contributed by atoms with Crippen LogP contribution in [0.5, 0.6) is 11.5 Å². The molecule has 2 aromatic rings. The molecule has 0 spiro atoms. The summed E-state index contributed by atoms with van der Waals surface area (Å²) in [5, 5.41) is 8.98. The molecule has 0 unspecified atom stereocenters. The molecule has 84 valence electrons. The van der Waals surface area contributed by atoms with E-state index in [2.05, 4.69) is 44.6 Å². The zero-order valence-corrected chi connectivity index (χ0v) is 12.4. The Bertz CT molecular complexity index is 575. The normalized spacial score (nSPS) is 9.71. The van der Waals surface area contributed by atoms with Gasteiger partial charge in [-0.15, -0.1) is 0 Å². The lowest BCUT2D eigenvalue weighted by Gasteiger charge is -2.07. The summed E-state index contributed by atoms with van der Waals surface area (Å²) in [6, 6.07) is 15.1. The van der Waals surface area contributed by atoms with Crippen LogP contribution in [0, 0.1) is 14.9 Å². The number of nitriles is 1. The average Bonchev–Trinajstić information content (AvgIpc) is 2.32. The van der Waals surface area contributed by atoms with Crippen molar-refractivity contribution in [2.45, 2.75) is 0 Å². The Morgan fingerprint density at radius 3 is 2.47 bits per heavy atom. The summed E-state index contributed by atoms with van der Waals surface area (Å²) in [5.74, 6) is 1.28. The number of benzene rings is 2. The number of rotatable bonds is 2. The summed E-state index contributed by atoms with van der Waals surface area (Å²) in [5.41, 5.74) is 0.520. The number of hydrogen-bond acceptors (Lipinski definition) is 2. The van der Waals surface area contributed by atoms with E-state index in [1.54, 1.807) is 12.1 Å². The van der Waals surface area contributed by atoms with Gasteiger partial charge in [-0.3, -0.25) is 0 Å². The second kappa shape index (κ2) is 5.52. The van der Waals surface area contributed by atoms with Crippen molar-refractivity contribution in [3.8, 4) is 17.6 Å². The lowest BCUT2D eigenvalue weighted by atomic mass is 10.2. The molecule has 0 saturated carbocycles. The van der Waals surface area contributed by atoms with E-state index in [1.807, 2.05) is 30.3 Å². The highest BCUT2D eigenvalue weighted by atomic mass is 127. The average molecular weight is 400 g/mol. The summed E-state index contributed by atoms with van der Waals surface area (Å²) in [6.45, 7) is 0. The van der Waals surface area contributed by atoms with Crippen molar-refractivity contribution < 1.29 is 4.74 Å². The van der Waals surface area contributed by atoms with Crippen molar-refractivity contribution >= 4 is 38.5 Å². The van der Waals surface area contributed by atoms with Crippen LogP contribution in [0.1, 0.15) is 5.56 Å². The third kappa shape index (κ3) is 3.20. The Morgan fingerprint density at radius 1 is 1.12 bits per heavy atom. The summed E-state index contributed by atoms with van der Waals surface area (Å²) < 4.78 is 7.71. The third-order valence-corrected chi connectivity index (χ3v) is 3.32. The predicted molar refractivity (Wildman–Crippen MR) is 78.1 cm³/mol. The topological polar surface area (TPSA) is 33.0 Å². The molecule has 0 atom stereocenters. The van der Waals surface area contributed by atoms with Crippen LogP contribution in [0.3, 0.4) is 0 Å². The first kappa shape index (κ1) is 12.4. The van der Waals surface area contributed by atoms with E-state index in [0.717, 1.165) is 13.8 Å². The Kier molecular flexibility index (Phi) is 4.02. The van der Waals surface area contributed by atoms with Crippen molar-refractivity contribution in [2.75, 3.05) is 0 Å². The Balaban J connectivity index is 2.32. The summed E-state index contributed by atoms with van der Waals surface area (Å²) in [4.78, 5) is 0. The van der Waals surface area contributed by atoms with Gasteiger partial charge in [0.25, 0.3) is 0 Å². The van der Waals surface area contributed by atoms with Gasteiger partial charge < -0.3 is 4.74 Å². The molecule has 0 amide bonds. The van der Waals surface area contributed by atoms with E-state index in [-0.39, 0.29) is 0 Å². The van der Waals surface area contributed by atoms with Crippen molar-refractivity contribution in [3.63, 3.8) is 0 Å². The molecule has 2 aromatic carbocycles. The first-order valence-corrected chi connectivity index (χ1v) is 6.69. The number of ether oxygens (including phenoxy) is 1. The molecule has 0 aliphatic rings. The first-order chi connectivity index (χ1) is 8.19. The molecule has 0 bridgehead atoms. The Hall–Kier alpha value is -1.06. The fourth-order valence-corrected chi connectivity index (χ4v) is 2.00. The maximum atomic E-state index is 8.98. The number of halogens is 2. The van der Waals surface area contributed by atoms with Crippen LogP contribution in [0.25, 0.3) is 0 Å². The van der Waals surface area contributed by atoms with E-state index in [9.17, 15) is 0 Å². The van der Waals surface area contributed by atoms with Gasteiger partial charge in [0.05, 0.1) is 5.56 Å². The fourth-order valence-electron chi connectivity index (χ4n) is 1.30. The van der Waals surface area contributed by atoms with Crippen molar-refractivity contribution in [1.29, 1.82) is 5.26 Å². The molecule has 0 aliphatic heterocycles. The SMILES string of the molecule is N#Cc1ccc(Br)cc1Oc1ccc(I)cc1. The van der Waals surface area contributed by atoms with Gasteiger partial charge in [0, 0.05) is 8.04 Å². The molecular weight excluding hydrogens is 393 g/mol. The minimum absolute atomic E-state index is 0.520. The largest absolute Gasteiger partial charge is 0.456 e. The molecule has 0 N–H and O–H groups in total. The molecule has 0 aliphatic carbocycles. The molecule has 0 saturated heterocycles. The van der Waals surface area contributed by atoms with E-state index in [1.165, 1.54) is 0 Å². The van der Waals surface area contributed by atoms with Gasteiger partial charge in [-0.1, -0.05) is 15.9 Å². The van der Waals surface area contributed by atoms with Crippen LogP contribution in [0.15, 0.2) is 46.9 Å². The van der Waals surface area contributed by atoms with Crippen LogP contribution in [-0.2, 0) is 0 Å². The van der Waals surface area contributed by atoms with Crippen LogP contribution in [0.2, 0.25) is 0 Å². The van der Waals surface area contributed by atoms with Gasteiger partial charge in [-0.2, -0.15) is 5.26 Å². The number of hydrogen-bond donors (Lipinski definition) is 0. The molecule has 2 rings (SSSR count). The molecule has 2 nitrogen and oxygen atoms in total. The molecular formula is C13H7BrINO. The standard InChI is InChI=1S/C13H7BrINO/c14-10-2-1-9(8-16)13(7-10)17-12-5-3-11(15)4-6-12/h1-7H. The van der Waals surface area contributed by atoms with Crippen molar-refractivity contribution in [3.05, 3.63) is 56.1 Å². The summed E-state index contributed by atoms with van der Waals surface area (Å²) in [6.07, 6.45) is 0. The lowest BCUT2D eigenvalue weighted by Crippen LogP contribution is -1.88. The highest BCUT2D eigenvalue weighted by molar-refractivity contribution is 14.1. The monoisotopic (exact) mass is 399 g/mol. The molecule has 0 heterocycles. The molecule has 0 fully saturated rings. The van der Waals surface area contributed by atoms with Gasteiger partial charge in [0.15, 0.2) is 0 Å². The summed E-state index contributed by atoms with van der Waals surface area (Å²) in [7, 11) is 0. The minimum atomic E-state index is 0.520. The van der Waals surface area contributed by atoms with E-state index >= 15 is 0 Å². The highest BCUT2D eigenvalue weighted by Gasteiger charge is 2.05. The van der Waals surface area contributed by atoms with Crippen LogP contribution < -0.4 is 4.74 Å². The fraction of sp³-hybridized carbons (Fsp3) is 0. The second-order valence-corrected chi connectivity index (χ2v) is 5.47.